The van der Waals surface area contributed by atoms with E-state index in [0.29, 0.717) is 29.2 Å². The zero-order valence-electron chi connectivity index (χ0n) is 43.7. The van der Waals surface area contributed by atoms with Crippen LogP contribution in [0.3, 0.4) is 0 Å². The normalized spacial score (nSPS) is 20.0. The summed E-state index contributed by atoms with van der Waals surface area (Å²) < 4.78 is 52.3. The van der Waals surface area contributed by atoms with E-state index in [1.165, 1.54) is 0 Å². The number of rotatable bonds is 14. The Bertz CT molecular complexity index is 3580. The highest BCUT2D eigenvalue weighted by atomic mass is 31.2. The number of aryl methyl sites for hydroxylation is 1. The van der Waals surface area contributed by atoms with Crippen LogP contribution in [0.15, 0.2) is 285 Å². The van der Waals surface area contributed by atoms with E-state index in [4.69, 9.17) is 31.9 Å². The minimum absolute atomic E-state index is 0.180. The Morgan fingerprint density at radius 2 is 0.848 bits per heavy atom. The van der Waals surface area contributed by atoms with Crippen molar-refractivity contribution in [1.29, 1.82) is 0 Å². The van der Waals surface area contributed by atoms with Gasteiger partial charge in [0.25, 0.3) is 0 Å². The van der Waals surface area contributed by atoms with Crippen LogP contribution >= 0.6 is 17.2 Å². The number of benzene rings is 10. The van der Waals surface area contributed by atoms with Crippen LogP contribution in [0.25, 0.3) is 21.9 Å². The number of ether oxygens (including phenoxy) is 1. The second kappa shape index (κ2) is 21.4. The van der Waals surface area contributed by atoms with Gasteiger partial charge < -0.3 is 13.8 Å². The summed E-state index contributed by atoms with van der Waals surface area (Å²) in [6, 6.07) is 89.3. The molecule has 0 N–H and O–H groups in total. The predicted molar refractivity (Wildman–Crippen MR) is 316 cm³/mol. The molecule has 0 bridgehead atoms. The van der Waals surface area contributed by atoms with Crippen molar-refractivity contribution in [2.45, 2.75) is 35.7 Å². The average Bonchev–Trinajstić information content (AvgIpc) is 3.92. The molecule has 0 radical (unpaired) electrons. The zero-order valence-corrected chi connectivity index (χ0v) is 45.5. The van der Waals surface area contributed by atoms with Gasteiger partial charge in [-0.15, -0.1) is 0 Å². The lowest BCUT2D eigenvalue weighted by atomic mass is 9.62. The third kappa shape index (κ3) is 8.44. The molecule has 9 heteroatoms. The molecule has 1 aliphatic carbocycles. The van der Waals surface area contributed by atoms with Crippen molar-refractivity contribution in [3.63, 3.8) is 0 Å². The van der Waals surface area contributed by atoms with Gasteiger partial charge in [-0.2, -0.15) is 0 Å². The summed E-state index contributed by atoms with van der Waals surface area (Å²) in [7, 11) is -2.81. The second-order valence-electron chi connectivity index (χ2n) is 20.0. The zero-order chi connectivity index (χ0) is 53.3. The molecule has 0 saturated carbocycles. The monoisotopic (exact) mass is 1070 g/mol. The van der Waals surface area contributed by atoms with E-state index in [-0.39, 0.29) is 5.92 Å². The predicted octanol–water partition coefficient (Wildman–Crippen LogP) is 18.0. The fourth-order valence-corrected chi connectivity index (χ4v) is 15.4. The van der Waals surface area contributed by atoms with Gasteiger partial charge in [0.15, 0.2) is 28.3 Å². The molecular formula is C70H56O7P2. The first-order chi connectivity index (χ1) is 39.0. The van der Waals surface area contributed by atoms with Gasteiger partial charge in [-0.3, -0.25) is 18.1 Å². The largest absolute Gasteiger partial charge is 0.493 e. The number of fused-ring (bicyclic) bond motifs is 1. The molecule has 0 amide bonds. The molecule has 0 aromatic heterocycles. The van der Waals surface area contributed by atoms with Crippen LogP contribution in [0.5, 0.6) is 17.2 Å². The van der Waals surface area contributed by atoms with Gasteiger partial charge in [0.05, 0.1) is 7.11 Å². The Morgan fingerprint density at radius 3 is 1.32 bits per heavy atom. The van der Waals surface area contributed by atoms with E-state index in [1.807, 2.05) is 66.7 Å². The number of allylic oxidation sites excluding steroid dienone is 3. The fraction of sp³-hybridized carbons (Fsp3) is 0.114. The van der Waals surface area contributed by atoms with Crippen molar-refractivity contribution in [3.8, 4) is 28.4 Å². The third-order valence-electron chi connectivity index (χ3n) is 15.6. The SMILES string of the molecule is COc1cc(C)cc(-c2c(OP3OC(c4ccccc4)(c4ccccc4)C(c4ccccc4)(c4ccccc4)O3)ccc3ccccc23)c1OP1OC(c2ccccc2)(c2ccccc2)C(c2ccccc2)(C2C=CC=CC2)O1. The fourth-order valence-electron chi connectivity index (χ4n) is 12.2. The first kappa shape index (κ1) is 50.5. The summed E-state index contributed by atoms with van der Waals surface area (Å²) in [5.41, 5.74) is 4.05. The maximum absolute atomic E-state index is 7.77. The van der Waals surface area contributed by atoms with Gasteiger partial charge in [0, 0.05) is 17.0 Å². The number of hydrogen-bond donors (Lipinski definition) is 0. The van der Waals surface area contributed by atoms with Gasteiger partial charge in [0.2, 0.25) is 0 Å². The molecule has 7 nitrogen and oxygen atoms in total. The maximum Gasteiger partial charge on any atom is 0.400 e. The Labute approximate surface area is 464 Å². The lowest BCUT2D eigenvalue weighted by molar-refractivity contribution is -0.0623. The van der Waals surface area contributed by atoms with Crippen molar-refractivity contribution in [1.82, 2.24) is 0 Å². The quantitative estimate of drug-likeness (QED) is 0.101. The van der Waals surface area contributed by atoms with Crippen molar-refractivity contribution in [2.75, 3.05) is 7.11 Å². The lowest BCUT2D eigenvalue weighted by Gasteiger charge is -2.47. The molecule has 3 aliphatic rings. The van der Waals surface area contributed by atoms with Gasteiger partial charge in [0.1, 0.15) is 11.4 Å². The highest BCUT2D eigenvalue weighted by Gasteiger charge is 2.69. The van der Waals surface area contributed by atoms with Gasteiger partial charge in [-0.05, 0) is 86.8 Å². The topological polar surface area (TPSA) is 64.6 Å². The Kier molecular flexibility index (Phi) is 13.7. The average molecular weight is 1070 g/mol. The molecule has 2 heterocycles. The number of hydrogen-bond acceptors (Lipinski definition) is 7. The summed E-state index contributed by atoms with van der Waals surface area (Å²) in [5, 5.41) is 1.91. The Morgan fingerprint density at radius 1 is 0.418 bits per heavy atom. The van der Waals surface area contributed by atoms with Crippen LogP contribution in [0.1, 0.15) is 50.9 Å². The van der Waals surface area contributed by atoms with E-state index in [0.717, 1.165) is 60.8 Å². The van der Waals surface area contributed by atoms with Crippen molar-refractivity contribution < 1.29 is 31.9 Å². The molecule has 2 fully saturated rings. The van der Waals surface area contributed by atoms with E-state index in [2.05, 4.69) is 225 Å². The van der Waals surface area contributed by atoms with Crippen molar-refractivity contribution in [3.05, 3.63) is 330 Å². The van der Waals surface area contributed by atoms with Gasteiger partial charge in [-0.25, -0.2) is 0 Å². The van der Waals surface area contributed by atoms with Crippen molar-refractivity contribution in [2.24, 2.45) is 5.92 Å². The van der Waals surface area contributed by atoms with Crippen molar-refractivity contribution >= 4 is 28.0 Å². The third-order valence-corrected chi connectivity index (χ3v) is 18.0. The molecule has 79 heavy (non-hydrogen) atoms. The van der Waals surface area contributed by atoms with Gasteiger partial charge >= 0.3 is 17.2 Å². The molecule has 0 spiro atoms. The summed E-state index contributed by atoms with van der Waals surface area (Å²) in [5.74, 6) is 1.28. The van der Waals surface area contributed by atoms with E-state index < -0.39 is 39.6 Å². The van der Waals surface area contributed by atoms with Gasteiger partial charge in [-0.1, -0.05) is 267 Å². The first-order valence-electron chi connectivity index (χ1n) is 26.6. The van der Waals surface area contributed by atoms with E-state index >= 15 is 0 Å². The summed E-state index contributed by atoms with van der Waals surface area (Å²) in [6.45, 7) is 2.06. The van der Waals surface area contributed by atoms with Crippen LogP contribution in [-0.4, -0.2) is 7.11 Å². The molecule has 10 aromatic rings. The molecule has 388 valence electrons. The second-order valence-corrected chi connectivity index (χ2v) is 22.0. The summed E-state index contributed by atoms with van der Waals surface area (Å²) >= 11 is 0. The lowest BCUT2D eigenvalue weighted by Crippen LogP contribution is -2.52. The van der Waals surface area contributed by atoms with E-state index in [9.17, 15) is 0 Å². The molecule has 13 rings (SSSR count). The molecule has 2 aliphatic heterocycles. The van der Waals surface area contributed by atoms with Crippen LogP contribution in [0, 0.1) is 12.8 Å². The van der Waals surface area contributed by atoms with Crippen LogP contribution < -0.4 is 13.8 Å². The highest BCUT2D eigenvalue weighted by Crippen LogP contribution is 2.73. The minimum atomic E-state index is -2.25. The smallest absolute Gasteiger partial charge is 0.400 e. The minimum Gasteiger partial charge on any atom is -0.493 e. The van der Waals surface area contributed by atoms with Crippen LogP contribution in [0.4, 0.5) is 0 Å². The molecule has 3 unspecified atom stereocenters. The highest BCUT2D eigenvalue weighted by molar-refractivity contribution is 7.42. The maximum atomic E-state index is 7.77. The first-order valence-corrected chi connectivity index (χ1v) is 28.8. The standard InChI is InChI=1S/C70H56O7P2/c1-51-49-62(66(64(50-51)71-2)73-79-76-69(57-38-19-7-20-39-57,58-40-21-8-22-41-58)70(77-79,59-42-23-9-24-43-59)60-44-25-10-26-45-60)65-61-46-28-27-29-52(61)47-48-63(65)72-78-74-67(53-30-11-3-12-31-53,54-32-13-4-14-33-54)68(75-78,55-34-15-5-16-35-55)56-36-17-6-18-37-56/h3-44,46-50,60H,45H2,1-2H3. The Balaban J connectivity index is 1.00. The molecule has 3 atom stereocenters. The molecule has 10 aromatic carbocycles. The Hall–Kier alpha value is -7.96. The van der Waals surface area contributed by atoms with E-state index in [1.54, 1.807) is 7.11 Å². The molecular weight excluding hydrogens is 1010 g/mol. The number of methoxy groups -OCH3 is 1. The summed E-state index contributed by atoms with van der Waals surface area (Å²) in [4.78, 5) is 0. The molecule has 2 saturated heterocycles. The summed E-state index contributed by atoms with van der Waals surface area (Å²) in [6.07, 6.45) is 9.36. The van der Waals surface area contributed by atoms with Crippen LogP contribution in [-0.2, 0) is 40.5 Å². The van der Waals surface area contributed by atoms with Crippen LogP contribution in [0.2, 0.25) is 0 Å².